The number of hydrogen-bond donors (Lipinski definition) is 1. The molecule has 1 aliphatic heterocycles. The molecule has 0 unspecified atom stereocenters. The maximum absolute atomic E-state index is 5.70. The van der Waals surface area contributed by atoms with Gasteiger partial charge in [0, 0.05) is 37.9 Å². The largest absolute Gasteiger partial charge is 0.494 e. The maximum atomic E-state index is 5.70. The summed E-state index contributed by atoms with van der Waals surface area (Å²) in [7, 11) is 0. The van der Waals surface area contributed by atoms with Crippen molar-refractivity contribution in [2.45, 2.75) is 45.1 Å². The molecule has 1 heterocycles. The molecule has 1 aromatic carbocycles. The Morgan fingerprint density at radius 2 is 1.57 bits per heavy atom. The second-order valence-electron chi connectivity index (χ2n) is 9.33. The van der Waals surface area contributed by atoms with Gasteiger partial charge in [-0.2, -0.15) is 0 Å². The van der Waals surface area contributed by atoms with Crippen molar-refractivity contribution in [1.82, 2.24) is 9.80 Å². The number of hydrogen-bond acceptors (Lipinski definition) is 3. The topological polar surface area (TPSA) is 27.7 Å². The number of ether oxygens (including phenoxy) is 1. The van der Waals surface area contributed by atoms with Gasteiger partial charge in [-0.3, -0.25) is 4.90 Å². The van der Waals surface area contributed by atoms with Crippen molar-refractivity contribution in [3.63, 3.8) is 0 Å². The number of rotatable bonds is 4. The molecule has 0 amide bonds. The lowest BCUT2D eigenvalue weighted by atomic mass is 9.54. The molecule has 4 saturated carbocycles. The molecule has 1 aromatic rings. The first-order chi connectivity index (χ1) is 13.7. The molecule has 5 fully saturated rings. The van der Waals surface area contributed by atoms with Gasteiger partial charge >= 0.3 is 0 Å². The van der Waals surface area contributed by atoms with Crippen molar-refractivity contribution in [1.29, 1.82) is 0 Å². The molecule has 5 aliphatic rings. The summed E-state index contributed by atoms with van der Waals surface area (Å²) in [6.45, 7) is 7.12. The Kier molecular flexibility index (Phi) is 5.22. The fourth-order valence-electron chi connectivity index (χ4n) is 6.72. The van der Waals surface area contributed by atoms with E-state index in [-0.39, 0.29) is 0 Å². The van der Waals surface area contributed by atoms with Crippen LogP contribution in [-0.4, -0.2) is 53.7 Å². The third-order valence-electron chi connectivity index (χ3n) is 7.62. The number of piperazine rings is 1. The van der Waals surface area contributed by atoms with E-state index in [0.29, 0.717) is 6.61 Å². The van der Waals surface area contributed by atoms with E-state index in [2.05, 4.69) is 15.1 Å². The van der Waals surface area contributed by atoms with Crippen LogP contribution in [0.25, 0.3) is 0 Å². The molecule has 28 heavy (non-hydrogen) atoms. The monoisotopic (exact) mass is 399 g/mol. The van der Waals surface area contributed by atoms with Gasteiger partial charge in [0.2, 0.25) is 0 Å². The molecule has 152 valence electrons. The Morgan fingerprint density at radius 1 is 0.964 bits per heavy atom. The molecule has 4 aliphatic carbocycles. The van der Waals surface area contributed by atoms with Gasteiger partial charge in [-0.05, 0) is 99.2 Å². The van der Waals surface area contributed by atoms with Crippen LogP contribution < -0.4 is 10.1 Å². The van der Waals surface area contributed by atoms with Crippen molar-refractivity contribution < 1.29 is 4.74 Å². The molecule has 4 bridgehead atoms. The standard InChI is InChI=1S/C23H33N3OS/c1-2-27-21-5-3-20(4-6-21)24-23(28)26-9-7-25(8-10-26)22-18-12-16-11-17(14-18)15-19(22)13-16/h3-6,16-19,22H,2,7-15H2,1H3,(H,24,28). The van der Waals surface area contributed by atoms with Crippen molar-refractivity contribution >= 4 is 23.0 Å². The van der Waals surface area contributed by atoms with E-state index in [1.165, 1.54) is 25.7 Å². The van der Waals surface area contributed by atoms with Gasteiger partial charge in [-0.25, -0.2) is 0 Å². The fourth-order valence-corrected chi connectivity index (χ4v) is 7.02. The SMILES string of the molecule is CCOc1ccc(NC(=S)N2CCN(C3C4CC5CC(C4)CC3C5)CC2)cc1. The molecule has 0 radical (unpaired) electrons. The predicted molar refractivity (Wildman–Crippen MR) is 118 cm³/mol. The van der Waals surface area contributed by atoms with Gasteiger partial charge in [0.25, 0.3) is 0 Å². The first-order valence-corrected chi connectivity index (χ1v) is 11.6. The van der Waals surface area contributed by atoms with Gasteiger partial charge in [0.15, 0.2) is 5.11 Å². The van der Waals surface area contributed by atoms with E-state index in [9.17, 15) is 0 Å². The van der Waals surface area contributed by atoms with Crippen LogP contribution in [0.5, 0.6) is 5.75 Å². The molecular weight excluding hydrogens is 366 g/mol. The first-order valence-electron chi connectivity index (χ1n) is 11.2. The zero-order valence-electron chi connectivity index (χ0n) is 17.0. The Hall–Kier alpha value is -1.33. The maximum Gasteiger partial charge on any atom is 0.173 e. The van der Waals surface area contributed by atoms with Gasteiger partial charge in [-0.15, -0.1) is 0 Å². The minimum absolute atomic E-state index is 0.694. The summed E-state index contributed by atoms with van der Waals surface area (Å²) in [4.78, 5) is 5.17. The fraction of sp³-hybridized carbons (Fsp3) is 0.696. The highest BCUT2D eigenvalue weighted by molar-refractivity contribution is 7.80. The third kappa shape index (κ3) is 3.63. The Balaban J connectivity index is 1.14. The normalized spacial score (nSPS) is 34.5. The van der Waals surface area contributed by atoms with E-state index >= 15 is 0 Å². The van der Waals surface area contributed by atoms with Crippen LogP contribution in [0.15, 0.2) is 24.3 Å². The van der Waals surface area contributed by atoms with Crippen LogP contribution in [-0.2, 0) is 0 Å². The molecular formula is C23H33N3OS. The first kappa shape index (κ1) is 18.7. The minimum atomic E-state index is 0.694. The minimum Gasteiger partial charge on any atom is -0.494 e. The zero-order chi connectivity index (χ0) is 19.1. The number of anilines is 1. The Morgan fingerprint density at radius 3 is 2.14 bits per heavy atom. The summed E-state index contributed by atoms with van der Waals surface area (Å²) in [5, 5.41) is 4.27. The van der Waals surface area contributed by atoms with E-state index in [4.69, 9.17) is 17.0 Å². The van der Waals surface area contributed by atoms with E-state index < -0.39 is 0 Å². The quantitative estimate of drug-likeness (QED) is 0.765. The highest BCUT2D eigenvalue weighted by Crippen LogP contribution is 2.55. The highest BCUT2D eigenvalue weighted by Gasteiger charge is 2.50. The summed E-state index contributed by atoms with van der Waals surface area (Å²) in [6.07, 6.45) is 7.58. The predicted octanol–water partition coefficient (Wildman–Crippen LogP) is 4.22. The molecule has 4 nitrogen and oxygen atoms in total. The molecule has 1 saturated heterocycles. The Labute approximate surface area is 174 Å². The second kappa shape index (κ2) is 7.83. The third-order valence-corrected chi connectivity index (χ3v) is 7.98. The lowest BCUT2D eigenvalue weighted by Crippen LogP contribution is -2.60. The zero-order valence-corrected chi connectivity index (χ0v) is 17.8. The van der Waals surface area contributed by atoms with Gasteiger partial charge in [-0.1, -0.05) is 0 Å². The van der Waals surface area contributed by atoms with E-state index in [1.54, 1.807) is 6.42 Å². The van der Waals surface area contributed by atoms with Crippen LogP contribution in [0.1, 0.15) is 39.0 Å². The average molecular weight is 400 g/mol. The van der Waals surface area contributed by atoms with Gasteiger partial charge in [0.05, 0.1) is 6.61 Å². The lowest BCUT2D eigenvalue weighted by molar-refractivity contribution is -0.0726. The van der Waals surface area contributed by atoms with E-state index in [1.807, 2.05) is 31.2 Å². The van der Waals surface area contributed by atoms with Crippen molar-refractivity contribution in [2.24, 2.45) is 23.7 Å². The van der Waals surface area contributed by atoms with Crippen molar-refractivity contribution in [3.8, 4) is 5.75 Å². The molecule has 0 aromatic heterocycles. The number of nitrogens with one attached hydrogen (secondary N) is 1. The van der Waals surface area contributed by atoms with Gasteiger partial charge < -0.3 is 15.0 Å². The van der Waals surface area contributed by atoms with Crippen LogP contribution in [0.2, 0.25) is 0 Å². The lowest BCUT2D eigenvalue weighted by Gasteiger charge is -2.58. The van der Waals surface area contributed by atoms with Crippen molar-refractivity contribution in [3.05, 3.63) is 24.3 Å². The molecule has 0 atom stereocenters. The number of benzene rings is 1. The summed E-state index contributed by atoms with van der Waals surface area (Å²) < 4.78 is 5.52. The molecule has 5 heteroatoms. The summed E-state index contributed by atoms with van der Waals surface area (Å²) in [5.41, 5.74) is 1.04. The van der Waals surface area contributed by atoms with Crippen LogP contribution in [0, 0.1) is 23.7 Å². The highest BCUT2D eigenvalue weighted by atomic mass is 32.1. The van der Waals surface area contributed by atoms with E-state index in [0.717, 1.165) is 72.4 Å². The summed E-state index contributed by atoms with van der Waals surface area (Å²) >= 11 is 5.70. The van der Waals surface area contributed by atoms with Crippen molar-refractivity contribution in [2.75, 3.05) is 38.1 Å². The number of thiocarbonyl (C=S) groups is 1. The number of nitrogens with zero attached hydrogens (tertiary/aromatic N) is 2. The second-order valence-corrected chi connectivity index (χ2v) is 9.72. The molecule has 1 N–H and O–H groups in total. The molecule has 6 rings (SSSR count). The summed E-state index contributed by atoms with van der Waals surface area (Å²) in [6, 6.07) is 8.95. The smallest absolute Gasteiger partial charge is 0.173 e. The van der Waals surface area contributed by atoms with Crippen LogP contribution in [0.4, 0.5) is 5.69 Å². The average Bonchev–Trinajstić information content (AvgIpc) is 2.69. The van der Waals surface area contributed by atoms with Gasteiger partial charge in [0.1, 0.15) is 5.75 Å². The van der Waals surface area contributed by atoms with Crippen LogP contribution >= 0.6 is 12.2 Å². The molecule has 0 spiro atoms. The Bertz CT molecular complexity index is 670. The summed E-state index contributed by atoms with van der Waals surface area (Å²) in [5.74, 6) is 4.99. The van der Waals surface area contributed by atoms with Crippen LogP contribution in [0.3, 0.4) is 0 Å².